The fraction of sp³-hybridized carbons (Fsp3) is 0.611. The lowest BCUT2D eigenvalue weighted by atomic mass is 9.72. The second-order valence-electron chi connectivity index (χ2n) is 8.00. The van der Waals surface area contributed by atoms with Gasteiger partial charge < -0.3 is 14.2 Å². The number of alkyl halides is 3. The summed E-state index contributed by atoms with van der Waals surface area (Å²) in [6, 6.07) is 3.72. The Morgan fingerprint density at radius 3 is 2.15 bits per heavy atom. The monoisotopic (exact) mass is 369 g/mol. The number of nitrogens with zero attached hydrogens (tertiary/aromatic N) is 1. The van der Waals surface area contributed by atoms with Crippen molar-refractivity contribution in [2.45, 2.75) is 64.0 Å². The van der Waals surface area contributed by atoms with Crippen LogP contribution in [0.15, 0.2) is 18.2 Å². The molecule has 1 aliphatic heterocycles. The molecule has 4 nitrogen and oxygen atoms in total. The summed E-state index contributed by atoms with van der Waals surface area (Å²) >= 11 is 0. The Morgan fingerprint density at radius 2 is 1.69 bits per heavy atom. The summed E-state index contributed by atoms with van der Waals surface area (Å²) in [6.07, 6.45) is -2.88. The molecule has 0 bridgehead atoms. The van der Waals surface area contributed by atoms with Gasteiger partial charge in [-0.15, -0.1) is 0 Å². The van der Waals surface area contributed by atoms with Crippen LogP contribution >= 0.6 is 0 Å². The van der Waals surface area contributed by atoms with E-state index in [0.717, 1.165) is 18.9 Å². The van der Waals surface area contributed by atoms with E-state index < -0.39 is 36.0 Å². The van der Waals surface area contributed by atoms with Gasteiger partial charge in [0.05, 0.1) is 16.8 Å². The smallest absolute Gasteiger partial charge is 0.399 e. The highest BCUT2D eigenvalue weighted by Crippen LogP contribution is 2.39. The number of carbonyl (C=O) groups is 1. The zero-order valence-electron chi connectivity index (χ0n) is 15.6. The Bertz CT molecular complexity index is 713. The number of hydrogen-bond acceptors (Lipinski definition) is 3. The molecule has 2 fully saturated rings. The van der Waals surface area contributed by atoms with Crippen LogP contribution in [-0.2, 0) is 15.5 Å². The van der Waals surface area contributed by atoms with E-state index in [-0.39, 0.29) is 17.1 Å². The molecule has 0 aromatic heterocycles. The Morgan fingerprint density at radius 1 is 1.15 bits per heavy atom. The average molecular weight is 369 g/mol. The number of carbonyl (C=O) groups excluding carboxylic acids is 1. The zero-order valence-corrected chi connectivity index (χ0v) is 15.6. The van der Waals surface area contributed by atoms with Crippen LogP contribution < -0.4 is 5.46 Å². The highest BCUT2D eigenvalue weighted by Gasteiger charge is 2.55. The van der Waals surface area contributed by atoms with Crippen molar-refractivity contribution in [1.29, 1.82) is 0 Å². The third-order valence-electron chi connectivity index (χ3n) is 5.55. The van der Waals surface area contributed by atoms with Gasteiger partial charge in [0.2, 0.25) is 0 Å². The summed E-state index contributed by atoms with van der Waals surface area (Å²) in [5.41, 5.74) is -2.77. The normalized spacial score (nSPS) is 21.8. The number of hydrogen-bond donors (Lipinski definition) is 0. The number of rotatable bonds is 3. The molecule has 1 saturated heterocycles. The van der Waals surface area contributed by atoms with Crippen molar-refractivity contribution in [3.05, 3.63) is 29.3 Å². The predicted molar refractivity (Wildman–Crippen MR) is 92.3 cm³/mol. The first kappa shape index (κ1) is 19.2. The predicted octanol–water partition coefficient (Wildman–Crippen LogP) is 3.24. The van der Waals surface area contributed by atoms with Crippen LogP contribution in [0.5, 0.6) is 0 Å². The Labute approximate surface area is 151 Å². The molecule has 0 N–H and O–H groups in total. The molecule has 26 heavy (non-hydrogen) atoms. The third kappa shape index (κ3) is 3.25. The molecule has 8 heteroatoms. The molecule has 0 unspecified atom stereocenters. The van der Waals surface area contributed by atoms with E-state index in [0.29, 0.717) is 0 Å². The molecular weight excluding hydrogens is 346 g/mol. The molecule has 3 rings (SSSR count). The lowest BCUT2D eigenvalue weighted by Gasteiger charge is -2.32. The summed E-state index contributed by atoms with van der Waals surface area (Å²) in [5.74, 6) is -0.441. The summed E-state index contributed by atoms with van der Waals surface area (Å²) < 4.78 is 52.7. The van der Waals surface area contributed by atoms with Crippen molar-refractivity contribution in [2.24, 2.45) is 0 Å². The number of amides is 1. The first-order chi connectivity index (χ1) is 11.8. The van der Waals surface area contributed by atoms with Crippen LogP contribution in [0.4, 0.5) is 13.2 Å². The first-order valence-corrected chi connectivity index (χ1v) is 8.68. The summed E-state index contributed by atoms with van der Waals surface area (Å²) in [7, 11) is 0.359. The van der Waals surface area contributed by atoms with Crippen molar-refractivity contribution in [2.75, 3.05) is 7.05 Å². The lowest BCUT2D eigenvalue weighted by Crippen LogP contribution is -2.45. The van der Waals surface area contributed by atoms with Gasteiger partial charge in [-0.05, 0) is 46.6 Å². The SMILES string of the molecule is CN(C(=O)c1cccc(C(F)(F)F)c1B1OC(C)(C)C(C)(C)O1)C1CC1. The van der Waals surface area contributed by atoms with E-state index in [1.807, 2.05) is 0 Å². The van der Waals surface area contributed by atoms with Gasteiger partial charge in [0, 0.05) is 24.1 Å². The maximum absolute atomic E-state index is 13.7. The van der Waals surface area contributed by atoms with Gasteiger partial charge >= 0.3 is 13.3 Å². The fourth-order valence-electron chi connectivity index (χ4n) is 3.03. The largest absolute Gasteiger partial charge is 0.496 e. The molecule has 1 saturated carbocycles. The highest BCUT2D eigenvalue weighted by atomic mass is 19.4. The average Bonchev–Trinajstić information content (AvgIpc) is 3.32. The summed E-state index contributed by atoms with van der Waals surface area (Å²) in [6.45, 7) is 7.06. The van der Waals surface area contributed by atoms with Crippen LogP contribution in [0.2, 0.25) is 0 Å². The van der Waals surface area contributed by atoms with Crippen molar-refractivity contribution >= 4 is 18.5 Å². The number of benzene rings is 1. The molecule has 1 amide bonds. The minimum absolute atomic E-state index is 0.0206. The van der Waals surface area contributed by atoms with Crippen molar-refractivity contribution < 1.29 is 27.3 Å². The lowest BCUT2D eigenvalue weighted by molar-refractivity contribution is -0.136. The zero-order chi connectivity index (χ0) is 19.5. The minimum atomic E-state index is -4.62. The van der Waals surface area contributed by atoms with E-state index >= 15 is 0 Å². The van der Waals surface area contributed by atoms with Crippen LogP contribution in [0, 0.1) is 0 Å². The van der Waals surface area contributed by atoms with Crippen LogP contribution in [0.3, 0.4) is 0 Å². The molecule has 1 heterocycles. The van der Waals surface area contributed by atoms with E-state index in [9.17, 15) is 18.0 Å². The third-order valence-corrected chi connectivity index (χ3v) is 5.55. The van der Waals surface area contributed by atoms with E-state index in [4.69, 9.17) is 9.31 Å². The molecular formula is C18H23BF3NO3. The van der Waals surface area contributed by atoms with Crippen molar-refractivity contribution in [3.8, 4) is 0 Å². The summed E-state index contributed by atoms with van der Waals surface area (Å²) in [5, 5.41) is 0. The standard InChI is InChI=1S/C18H23BF3NO3/c1-16(2)17(3,4)26-19(25-16)14-12(15(24)23(5)11-9-10-11)7-6-8-13(14)18(20,21)22/h6-8,11H,9-10H2,1-5H3. The van der Waals surface area contributed by atoms with Crippen LogP contribution in [0.25, 0.3) is 0 Å². The Kier molecular flexibility index (Phi) is 4.43. The van der Waals surface area contributed by atoms with E-state index in [1.165, 1.54) is 17.0 Å². The molecule has 2 aliphatic rings. The fourth-order valence-corrected chi connectivity index (χ4v) is 3.03. The van der Waals surface area contributed by atoms with Gasteiger partial charge in [-0.1, -0.05) is 12.1 Å². The van der Waals surface area contributed by atoms with Gasteiger partial charge in [-0.3, -0.25) is 4.79 Å². The topological polar surface area (TPSA) is 38.8 Å². The van der Waals surface area contributed by atoms with Gasteiger partial charge in [-0.2, -0.15) is 13.2 Å². The maximum atomic E-state index is 13.7. The van der Waals surface area contributed by atoms with Gasteiger partial charge in [0.25, 0.3) is 5.91 Å². The molecule has 142 valence electrons. The second kappa shape index (κ2) is 5.99. The molecule has 1 aromatic carbocycles. The van der Waals surface area contributed by atoms with Gasteiger partial charge in [0.15, 0.2) is 0 Å². The van der Waals surface area contributed by atoms with E-state index in [1.54, 1.807) is 34.7 Å². The Balaban J connectivity index is 2.11. The second-order valence-corrected chi connectivity index (χ2v) is 8.00. The quantitative estimate of drug-likeness (QED) is 0.768. The van der Waals surface area contributed by atoms with Gasteiger partial charge in [-0.25, -0.2) is 0 Å². The van der Waals surface area contributed by atoms with Crippen molar-refractivity contribution in [3.63, 3.8) is 0 Å². The maximum Gasteiger partial charge on any atom is 0.496 e. The van der Waals surface area contributed by atoms with Crippen LogP contribution in [-0.4, -0.2) is 42.2 Å². The van der Waals surface area contributed by atoms with Crippen molar-refractivity contribution in [1.82, 2.24) is 4.90 Å². The molecule has 0 radical (unpaired) electrons. The molecule has 0 spiro atoms. The van der Waals surface area contributed by atoms with Crippen LogP contribution in [0.1, 0.15) is 56.5 Å². The minimum Gasteiger partial charge on any atom is -0.399 e. The molecule has 1 aliphatic carbocycles. The molecule has 0 atom stereocenters. The highest BCUT2D eigenvalue weighted by molar-refractivity contribution is 6.64. The Hall–Kier alpha value is -1.54. The number of halogens is 3. The first-order valence-electron chi connectivity index (χ1n) is 8.68. The van der Waals surface area contributed by atoms with Gasteiger partial charge in [0.1, 0.15) is 0 Å². The van der Waals surface area contributed by atoms with E-state index in [2.05, 4.69) is 0 Å². The molecule has 1 aromatic rings. The summed E-state index contributed by atoms with van der Waals surface area (Å²) in [4.78, 5) is 14.4.